The van der Waals surface area contributed by atoms with Crippen LogP contribution in [0.5, 0.6) is 0 Å². The van der Waals surface area contributed by atoms with Crippen molar-refractivity contribution in [2.75, 3.05) is 32.8 Å². The van der Waals surface area contributed by atoms with Crippen molar-refractivity contribution in [2.24, 2.45) is 16.7 Å². The Balaban J connectivity index is 1.29. The Bertz CT molecular complexity index is 941. The summed E-state index contributed by atoms with van der Waals surface area (Å²) in [5.74, 6) is -1.88. The van der Waals surface area contributed by atoms with Gasteiger partial charge in [-0.25, -0.2) is 9.69 Å². The minimum atomic E-state index is -4.56. The number of carbonyl (C=O) groups excluding carboxylic acids is 3. The molecule has 3 heterocycles. The SMILES string of the molecule is O=C1OCC(Cc2ccccc2)N1C(=O)[C@@H]1CNCC12CN(C(=O)C1(C(F)(F)F)CC1)C2. The van der Waals surface area contributed by atoms with Crippen LogP contribution in [0.2, 0.25) is 0 Å². The molecule has 1 spiro atoms. The molecule has 7 nitrogen and oxygen atoms in total. The number of hydrogen-bond acceptors (Lipinski definition) is 5. The molecule has 1 saturated carbocycles. The molecule has 1 aliphatic carbocycles. The van der Waals surface area contributed by atoms with E-state index in [2.05, 4.69) is 5.32 Å². The van der Waals surface area contributed by atoms with Gasteiger partial charge in [0.2, 0.25) is 11.8 Å². The molecule has 1 aromatic rings. The van der Waals surface area contributed by atoms with Crippen LogP contribution in [0.15, 0.2) is 30.3 Å². The molecule has 3 saturated heterocycles. The van der Waals surface area contributed by atoms with Gasteiger partial charge < -0.3 is 15.0 Å². The molecule has 3 amide bonds. The predicted octanol–water partition coefficient (Wildman–Crippen LogP) is 1.97. The van der Waals surface area contributed by atoms with Crippen LogP contribution in [-0.2, 0) is 20.7 Å². The number of alkyl halides is 3. The quantitative estimate of drug-likeness (QED) is 0.758. The van der Waals surface area contributed by atoms with Crippen molar-refractivity contribution >= 4 is 17.9 Å². The maximum Gasteiger partial charge on any atom is 0.416 e. The van der Waals surface area contributed by atoms with Gasteiger partial charge in [0.05, 0.1) is 12.0 Å². The zero-order valence-corrected chi connectivity index (χ0v) is 17.4. The third-order valence-corrected chi connectivity index (χ3v) is 7.38. The first-order valence-corrected chi connectivity index (χ1v) is 10.8. The van der Waals surface area contributed by atoms with Crippen molar-refractivity contribution in [1.29, 1.82) is 0 Å². The highest BCUT2D eigenvalue weighted by Gasteiger charge is 2.71. The zero-order valence-electron chi connectivity index (χ0n) is 17.4. The molecule has 1 N–H and O–H groups in total. The molecule has 4 fully saturated rings. The topological polar surface area (TPSA) is 79.0 Å². The van der Waals surface area contributed by atoms with Gasteiger partial charge in [-0.3, -0.25) is 9.59 Å². The van der Waals surface area contributed by atoms with Gasteiger partial charge in [0.1, 0.15) is 12.0 Å². The molecule has 4 aliphatic rings. The third kappa shape index (κ3) is 3.18. The minimum Gasteiger partial charge on any atom is -0.447 e. The van der Waals surface area contributed by atoms with Crippen LogP contribution in [0.4, 0.5) is 18.0 Å². The number of cyclic esters (lactones) is 1. The van der Waals surface area contributed by atoms with Gasteiger partial charge in [-0.05, 0) is 24.8 Å². The summed E-state index contributed by atoms with van der Waals surface area (Å²) < 4.78 is 45.2. The minimum absolute atomic E-state index is 0.0826. The van der Waals surface area contributed by atoms with E-state index in [1.165, 1.54) is 4.90 Å². The Morgan fingerprint density at radius 2 is 1.84 bits per heavy atom. The van der Waals surface area contributed by atoms with E-state index in [0.29, 0.717) is 19.5 Å². The lowest BCUT2D eigenvalue weighted by Crippen LogP contribution is -2.66. The third-order valence-electron chi connectivity index (χ3n) is 7.38. The van der Waals surface area contributed by atoms with Crippen LogP contribution in [0.1, 0.15) is 18.4 Å². The Kier molecular flexibility index (Phi) is 4.77. The molecule has 32 heavy (non-hydrogen) atoms. The van der Waals surface area contributed by atoms with Gasteiger partial charge in [0, 0.05) is 31.6 Å². The zero-order chi connectivity index (χ0) is 22.7. The summed E-state index contributed by atoms with van der Waals surface area (Å²) in [6.45, 7) is 0.996. The van der Waals surface area contributed by atoms with Crippen molar-refractivity contribution in [3.8, 4) is 0 Å². The van der Waals surface area contributed by atoms with Gasteiger partial charge in [-0.1, -0.05) is 30.3 Å². The van der Waals surface area contributed by atoms with Crippen LogP contribution >= 0.6 is 0 Å². The van der Waals surface area contributed by atoms with Crippen molar-refractivity contribution in [3.63, 3.8) is 0 Å². The molecule has 0 radical (unpaired) electrons. The van der Waals surface area contributed by atoms with Crippen molar-refractivity contribution in [1.82, 2.24) is 15.1 Å². The van der Waals surface area contributed by atoms with Gasteiger partial charge in [0.25, 0.3) is 0 Å². The second kappa shape index (κ2) is 7.19. The molecule has 2 atom stereocenters. The number of rotatable bonds is 4. The first kappa shape index (κ1) is 21.2. The van der Waals surface area contributed by atoms with E-state index in [1.54, 1.807) is 0 Å². The van der Waals surface area contributed by atoms with Crippen LogP contribution in [0, 0.1) is 16.7 Å². The summed E-state index contributed by atoms with van der Waals surface area (Å²) in [5.41, 5.74) is -1.94. The number of nitrogens with zero attached hydrogens (tertiary/aromatic N) is 2. The summed E-state index contributed by atoms with van der Waals surface area (Å²) in [7, 11) is 0. The Morgan fingerprint density at radius 3 is 2.47 bits per heavy atom. The maximum absolute atomic E-state index is 13.4. The summed E-state index contributed by atoms with van der Waals surface area (Å²) >= 11 is 0. The molecule has 172 valence electrons. The monoisotopic (exact) mass is 451 g/mol. The highest BCUT2D eigenvalue weighted by atomic mass is 19.4. The van der Waals surface area contributed by atoms with Gasteiger partial charge in [-0.15, -0.1) is 0 Å². The fraction of sp³-hybridized carbons (Fsp3) is 0.591. The highest BCUT2D eigenvalue weighted by molar-refractivity contribution is 5.96. The number of hydrogen-bond donors (Lipinski definition) is 1. The van der Waals surface area contributed by atoms with E-state index in [9.17, 15) is 27.6 Å². The van der Waals surface area contributed by atoms with Crippen molar-refractivity contribution in [3.05, 3.63) is 35.9 Å². The number of benzene rings is 1. The van der Waals surface area contributed by atoms with E-state index in [0.717, 1.165) is 10.5 Å². The van der Waals surface area contributed by atoms with Gasteiger partial charge in [-0.2, -0.15) is 13.2 Å². The lowest BCUT2D eigenvalue weighted by Gasteiger charge is -2.51. The number of imide groups is 1. The van der Waals surface area contributed by atoms with E-state index >= 15 is 0 Å². The van der Waals surface area contributed by atoms with Crippen LogP contribution in [-0.4, -0.2) is 72.7 Å². The van der Waals surface area contributed by atoms with Gasteiger partial charge >= 0.3 is 12.3 Å². The second-order valence-corrected chi connectivity index (χ2v) is 9.42. The fourth-order valence-corrected chi connectivity index (χ4v) is 5.33. The Labute approximate surface area is 182 Å². The highest BCUT2D eigenvalue weighted by Crippen LogP contribution is 2.60. The number of ether oxygens (including phenoxy) is 1. The predicted molar refractivity (Wildman–Crippen MR) is 105 cm³/mol. The molecule has 5 rings (SSSR count). The summed E-state index contributed by atoms with van der Waals surface area (Å²) in [4.78, 5) is 40.7. The summed E-state index contributed by atoms with van der Waals surface area (Å²) in [6, 6.07) is 9.02. The molecule has 0 bridgehead atoms. The molecular weight excluding hydrogens is 427 g/mol. The first-order valence-electron chi connectivity index (χ1n) is 10.8. The standard InChI is InChI=1S/C22H24F3N3O4/c23-22(24,25)21(6-7-21)18(30)27-12-20(13-27)11-26-9-16(20)17(29)28-15(10-32-19(28)31)8-14-4-2-1-3-5-14/h1-5,15-16,26H,6-13H2/t15?,16-/m0/s1. The van der Waals surface area contributed by atoms with E-state index in [4.69, 9.17) is 4.74 Å². The van der Waals surface area contributed by atoms with E-state index < -0.39 is 41.0 Å². The van der Waals surface area contributed by atoms with Crippen LogP contribution in [0.3, 0.4) is 0 Å². The number of likely N-dealkylation sites (tertiary alicyclic amines) is 1. The largest absolute Gasteiger partial charge is 0.447 e. The van der Waals surface area contributed by atoms with Crippen molar-refractivity contribution in [2.45, 2.75) is 31.5 Å². The number of nitrogens with one attached hydrogen (secondary N) is 1. The molecule has 0 aromatic heterocycles. The molecule has 1 aromatic carbocycles. The first-order chi connectivity index (χ1) is 15.2. The van der Waals surface area contributed by atoms with Crippen molar-refractivity contribution < 1.29 is 32.3 Å². The van der Waals surface area contributed by atoms with E-state index in [-0.39, 0.29) is 38.4 Å². The molecule has 1 unspecified atom stereocenters. The van der Waals surface area contributed by atoms with Gasteiger partial charge in [0.15, 0.2) is 0 Å². The molecule has 10 heteroatoms. The number of halogens is 3. The summed E-state index contributed by atoms with van der Waals surface area (Å²) in [5, 5.41) is 3.13. The normalized spacial score (nSPS) is 27.9. The maximum atomic E-state index is 13.4. The van der Waals surface area contributed by atoms with Crippen LogP contribution in [0.25, 0.3) is 0 Å². The molecule has 3 aliphatic heterocycles. The number of carbonyl (C=O) groups is 3. The Hall–Kier alpha value is -2.62. The van der Waals surface area contributed by atoms with Crippen LogP contribution < -0.4 is 5.32 Å². The lowest BCUT2D eigenvalue weighted by molar-refractivity contribution is -0.205. The molecular formula is C22H24F3N3O4. The average Bonchev–Trinajstić information content (AvgIpc) is 3.32. The smallest absolute Gasteiger partial charge is 0.416 e. The average molecular weight is 451 g/mol. The summed E-state index contributed by atoms with van der Waals surface area (Å²) in [6.07, 6.45) is -5.15. The number of amides is 3. The fourth-order valence-electron chi connectivity index (χ4n) is 5.33. The Morgan fingerprint density at radius 1 is 1.16 bits per heavy atom. The lowest BCUT2D eigenvalue weighted by atomic mass is 9.70. The van der Waals surface area contributed by atoms with E-state index in [1.807, 2.05) is 30.3 Å². The second-order valence-electron chi connectivity index (χ2n) is 9.42.